The van der Waals surface area contributed by atoms with Crippen molar-refractivity contribution >= 4 is 0 Å². The van der Waals surface area contributed by atoms with E-state index in [-0.39, 0.29) is 0 Å². The first-order valence-electron chi connectivity index (χ1n) is 7.79. The Morgan fingerprint density at radius 1 is 1.21 bits per heavy atom. The van der Waals surface area contributed by atoms with E-state index in [0.717, 1.165) is 26.0 Å². The molecule has 19 heavy (non-hydrogen) atoms. The molecule has 1 aromatic rings. The van der Waals surface area contributed by atoms with Crippen LogP contribution in [-0.4, -0.2) is 25.3 Å². The largest absolute Gasteiger partial charge is 0.377 e. The van der Waals surface area contributed by atoms with E-state index in [2.05, 4.69) is 42.6 Å². The van der Waals surface area contributed by atoms with Crippen LogP contribution in [0.25, 0.3) is 0 Å². The normalized spacial score (nSPS) is 22.8. The Kier molecular flexibility index (Phi) is 6.38. The third-order valence-electron chi connectivity index (χ3n) is 3.89. The van der Waals surface area contributed by atoms with Crippen LogP contribution in [0.3, 0.4) is 0 Å². The second kappa shape index (κ2) is 8.34. The maximum atomic E-state index is 6.07. The van der Waals surface area contributed by atoms with Crippen LogP contribution in [0.4, 0.5) is 0 Å². The van der Waals surface area contributed by atoms with Crippen molar-refractivity contribution in [2.45, 2.75) is 57.6 Å². The molecule has 2 nitrogen and oxygen atoms in total. The van der Waals surface area contributed by atoms with E-state index in [1.54, 1.807) is 0 Å². The van der Waals surface area contributed by atoms with Gasteiger partial charge in [0.05, 0.1) is 6.10 Å². The van der Waals surface area contributed by atoms with E-state index < -0.39 is 0 Å². The predicted octanol–water partition coefficient (Wildman–Crippen LogP) is 3.56. The van der Waals surface area contributed by atoms with Gasteiger partial charge in [-0.25, -0.2) is 0 Å². The van der Waals surface area contributed by atoms with Crippen molar-refractivity contribution in [2.75, 3.05) is 13.2 Å². The molecule has 0 heterocycles. The lowest BCUT2D eigenvalue weighted by atomic mass is 10.1. The van der Waals surface area contributed by atoms with Crippen molar-refractivity contribution in [3.63, 3.8) is 0 Å². The molecular weight excluding hydrogens is 234 g/mol. The number of benzene rings is 1. The van der Waals surface area contributed by atoms with Gasteiger partial charge in [-0.2, -0.15) is 0 Å². The monoisotopic (exact) mass is 261 g/mol. The third kappa shape index (κ3) is 4.96. The van der Waals surface area contributed by atoms with Crippen molar-refractivity contribution < 1.29 is 4.74 Å². The van der Waals surface area contributed by atoms with E-state index in [4.69, 9.17) is 4.74 Å². The first kappa shape index (κ1) is 14.5. The molecule has 2 atom stereocenters. The van der Waals surface area contributed by atoms with E-state index in [1.165, 1.54) is 31.2 Å². The van der Waals surface area contributed by atoms with Gasteiger partial charge < -0.3 is 10.1 Å². The zero-order valence-electron chi connectivity index (χ0n) is 12.1. The third-order valence-corrected chi connectivity index (χ3v) is 3.89. The molecule has 2 rings (SSSR count). The number of hydrogen-bond acceptors (Lipinski definition) is 2. The topological polar surface area (TPSA) is 21.3 Å². The molecule has 1 fully saturated rings. The summed E-state index contributed by atoms with van der Waals surface area (Å²) in [6.45, 7) is 4.23. The van der Waals surface area contributed by atoms with Crippen LogP contribution in [0, 0.1) is 0 Å². The van der Waals surface area contributed by atoms with Gasteiger partial charge in [-0.05, 0) is 50.6 Å². The van der Waals surface area contributed by atoms with Gasteiger partial charge in [0.2, 0.25) is 0 Å². The van der Waals surface area contributed by atoms with E-state index in [9.17, 15) is 0 Å². The summed E-state index contributed by atoms with van der Waals surface area (Å²) in [6, 6.07) is 11.3. The first-order chi connectivity index (χ1) is 9.40. The quantitative estimate of drug-likeness (QED) is 0.723. The highest BCUT2D eigenvalue weighted by Gasteiger charge is 2.26. The molecule has 106 valence electrons. The van der Waals surface area contributed by atoms with Crippen molar-refractivity contribution in [1.82, 2.24) is 5.32 Å². The van der Waals surface area contributed by atoms with Gasteiger partial charge in [-0.1, -0.05) is 37.3 Å². The lowest BCUT2D eigenvalue weighted by Gasteiger charge is -2.21. The molecule has 1 aromatic carbocycles. The summed E-state index contributed by atoms with van der Waals surface area (Å²) in [5.41, 5.74) is 1.41. The Hall–Kier alpha value is -0.860. The van der Waals surface area contributed by atoms with Crippen molar-refractivity contribution in [3.8, 4) is 0 Å². The van der Waals surface area contributed by atoms with Crippen LogP contribution in [0.5, 0.6) is 0 Å². The molecule has 0 spiro atoms. The number of ether oxygens (including phenoxy) is 1. The molecule has 0 aliphatic heterocycles. The SMILES string of the molecule is CCCNC1CCCC1OCCCc1ccccc1. The minimum absolute atomic E-state index is 0.447. The maximum Gasteiger partial charge on any atom is 0.0728 e. The van der Waals surface area contributed by atoms with Gasteiger partial charge in [-0.15, -0.1) is 0 Å². The molecule has 0 aromatic heterocycles. The molecule has 0 amide bonds. The van der Waals surface area contributed by atoms with Crippen LogP contribution in [0.2, 0.25) is 0 Å². The number of rotatable bonds is 8. The number of nitrogens with one attached hydrogen (secondary N) is 1. The molecule has 0 saturated heterocycles. The minimum Gasteiger partial charge on any atom is -0.377 e. The summed E-state index contributed by atoms with van der Waals surface area (Å²) in [4.78, 5) is 0. The van der Waals surface area contributed by atoms with Gasteiger partial charge in [0.1, 0.15) is 0 Å². The van der Waals surface area contributed by atoms with Gasteiger partial charge in [0.15, 0.2) is 0 Å². The van der Waals surface area contributed by atoms with Crippen molar-refractivity contribution in [3.05, 3.63) is 35.9 Å². The summed E-state index contributed by atoms with van der Waals surface area (Å²) in [5.74, 6) is 0. The van der Waals surface area contributed by atoms with Gasteiger partial charge in [0, 0.05) is 12.6 Å². The fourth-order valence-corrected chi connectivity index (χ4v) is 2.84. The predicted molar refractivity (Wildman–Crippen MR) is 80.4 cm³/mol. The van der Waals surface area contributed by atoms with Crippen LogP contribution in [0.15, 0.2) is 30.3 Å². The summed E-state index contributed by atoms with van der Waals surface area (Å²) in [6.07, 6.45) is 7.72. The Morgan fingerprint density at radius 3 is 2.84 bits per heavy atom. The molecule has 1 N–H and O–H groups in total. The molecular formula is C17H27NO. The summed E-state index contributed by atoms with van der Waals surface area (Å²) >= 11 is 0. The standard InChI is InChI=1S/C17H27NO/c1-2-13-18-16-11-6-12-17(16)19-14-7-10-15-8-4-3-5-9-15/h3-5,8-9,16-18H,2,6-7,10-14H2,1H3. The zero-order valence-corrected chi connectivity index (χ0v) is 12.1. The van der Waals surface area contributed by atoms with E-state index >= 15 is 0 Å². The molecule has 2 heteroatoms. The van der Waals surface area contributed by atoms with Crippen LogP contribution in [0.1, 0.15) is 44.6 Å². The molecule has 1 aliphatic carbocycles. The Labute approximate surface area is 117 Å². The molecule has 0 radical (unpaired) electrons. The van der Waals surface area contributed by atoms with Crippen molar-refractivity contribution in [2.24, 2.45) is 0 Å². The van der Waals surface area contributed by atoms with Gasteiger partial charge >= 0.3 is 0 Å². The highest BCUT2D eigenvalue weighted by Crippen LogP contribution is 2.22. The van der Waals surface area contributed by atoms with Gasteiger partial charge in [0.25, 0.3) is 0 Å². The minimum atomic E-state index is 0.447. The summed E-state index contributed by atoms with van der Waals surface area (Å²) in [7, 11) is 0. The van der Waals surface area contributed by atoms with Crippen LogP contribution >= 0.6 is 0 Å². The second-order valence-electron chi connectivity index (χ2n) is 5.49. The lowest BCUT2D eigenvalue weighted by molar-refractivity contribution is 0.0387. The van der Waals surface area contributed by atoms with Crippen molar-refractivity contribution in [1.29, 1.82) is 0 Å². The fourth-order valence-electron chi connectivity index (χ4n) is 2.84. The smallest absolute Gasteiger partial charge is 0.0728 e. The molecule has 0 bridgehead atoms. The molecule has 1 aliphatic rings. The highest BCUT2D eigenvalue weighted by molar-refractivity contribution is 5.14. The lowest BCUT2D eigenvalue weighted by Crippen LogP contribution is -2.37. The summed E-state index contributed by atoms with van der Waals surface area (Å²) < 4.78 is 6.07. The van der Waals surface area contributed by atoms with E-state index in [1.807, 2.05) is 0 Å². The Morgan fingerprint density at radius 2 is 2.05 bits per heavy atom. The zero-order chi connectivity index (χ0) is 13.3. The van der Waals surface area contributed by atoms with Gasteiger partial charge in [-0.3, -0.25) is 0 Å². The van der Waals surface area contributed by atoms with E-state index in [0.29, 0.717) is 12.1 Å². The Bertz CT molecular complexity index is 338. The molecule has 2 unspecified atom stereocenters. The van der Waals surface area contributed by atoms with Crippen LogP contribution in [-0.2, 0) is 11.2 Å². The Balaban J connectivity index is 1.62. The second-order valence-corrected chi connectivity index (χ2v) is 5.49. The number of aryl methyl sites for hydroxylation is 1. The van der Waals surface area contributed by atoms with Crippen LogP contribution < -0.4 is 5.32 Å². The maximum absolute atomic E-state index is 6.07. The number of hydrogen-bond donors (Lipinski definition) is 1. The first-order valence-corrected chi connectivity index (χ1v) is 7.79. The summed E-state index contributed by atoms with van der Waals surface area (Å²) in [5, 5.41) is 3.61. The highest BCUT2D eigenvalue weighted by atomic mass is 16.5. The average molecular weight is 261 g/mol. The fraction of sp³-hybridized carbons (Fsp3) is 0.647. The molecule has 1 saturated carbocycles. The average Bonchev–Trinajstić information content (AvgIpc) is 2.90.